The van der Waals surface area contributed by atoms with Crippen LogP contribution in [-0.4, -0.2) is 17.5 Å². The van der Waals surface area contributed by atoms with Gasteiger partial charge in [-0.25, -0.2) is 0 Å². The van der Waals surface area contributed by atoms with Crippen LogP contribution in [0.5, 0.6) is 0 Å². The van der Waals surface area contributed by atoms with E-state index in [1.165, 1.54) is 50.6 Å². The summed E-state index contributed by atoms with van der Waals surface area (Å²) in [6, 6.07) is 13.5. The minimum absolute atomic E-state index is 0. The quantitative estimate of drug-likeness (QED) is 0.495. The van der Waals surface area contributed by atoms with Gasteiger partial charge in [0.1, 0.15) is 0 Å². The van der Waals surface area contributed by atoms with E-state index in [0.717, 1.165) is 6.04 Å². The molecule has 2 heteroatoms. The molecule has 0 spiro atoms. The summed E-state index contributed by atoms with van der Waals surface area (Å²) in [5.74, 6) is 0. The molecule has 2 heterocycles. The minimum Gasteiger partial charge on any atom is -0.295 e. The van der Waals surface area contributed by atoms with Crippen LogP contribution in [0.15, 0.2) is 24.3 Å². The zero-order valence-corrected chi connectivity index (χ0v) is 10.9. The van der Waals surface area contributed by atoms with Gasteiger partial charge < -0.3 is 0 Å². The van der Waals surface area contributed by atoms with Crippen LogP contribution in [0.3, 0.4) is 0 Å². The molecule has 1 aromatic rings. The van der Waals surface area contributed by atoms with Crippen LogP contribution in [0.4, 0.5) is 0 Å². The van der Waals surface area contributed by atoms with Gasteiger partial charge in [0.2, 0.25) is 0 Å². The molecule has 2 aliphatic rings. The Bertz CT molecular complexity index is 336. The summed E-state index contributed by atoms with van der Waals surface area (Å²) >= 11 is 0. The summed E-state index contributed by atoms with van der Waals surface area (Å²) < 4.78 is 0. The zero-order valence-electron chi connectivity index (χ0n) is 10.9. The van der Waals surface area contributed by atoms with Crippen LogP contribution in [-0.2, 0) is 0 Å². The Labute approximate surface area is 117 Å². The first-order chi connectivity index (χ1) is 7.95. The molecule has 1 nitrogen and oxygen atoms in total. The molecule has 0 aliphatic carbocycles. The summed E-state index contributed by atoms with van der Waals surface area (Å²) in [6.45, 7) is 1.30. The Hall–Kier alpha value is -0.223. The number of hydrogen-bond acceptors (Lipinski definition) is 1. The second-order valence-corrected chi connectivity index (χ2v) is 5.15. The van der Waals surface area contributed by atoms with Crippen LogP contribution >= 0.6 is 0 Å². The summed E-state index contributed by atoms with van der Waals surface area (Å²) in [4.78, 5) is 2.75. The molecule has 2 atom stereocenters. The third-order valence-corrected chi connectivity index (χ3v) is 4.18. The molecule has 2 aliphatic heterocycles. The van der Waals surface area contributed by atoms with Gasteiger partial charge in [0.25, 0.3) is 0 Å². The van der Waals surface area contributed by atoms with E-state index >= 15 is 0 Å². The fraction of sp³-hybridized carbons (Fsp3) is 0.600. The van der Waals surface area contributed by atoms with Gasteiger partial charge in [-0.15, -0.1) is 5.56 Å². The summed E-state index contributed by atoms with van der Waals surface area (Å²) in [7, 11) is 0. The van der Waals surface area contributed by atoms with Crippen molar-refractivity contribution in [3.8, 4) is 0 Å². The van der Waals surface area contributed by atoms with Crippen molar-refractivity contribution in [2.45, 2.75) is 50.6 Å². The third-order valence-electron chi connectivity index (χ3n) is 4.18. The smallest absolute Gasteiger partial charge is 0.295 e. The first kappa shape index (κ1) is 13.2. The van der Waals surface area contributed by atoms with E-state index in [-0.39, 0.29) is 18.9 Å². The fourth-order valence-electron chi connectivity index (χ4n) is 3.40. The van der Waals surface area contributed by atoms with Crippen molar-refractivity contribution in [3.05, 3.63) is 35.9 Å². The monoisotopic (exact) mass is 221 g/mol. The molecule has 2 fully saturated rings. The fourth-order valence-corrected chi connectivity index (χ4v) is 3.40. The molecule has 86 valence electrons. The van der Waals surface area contributed by atoms with E-state index in [9.17, 15) is 0 Å². The van der Waals surface area contributed by atoms with Crippen LogP contribution in [0.25, 0.3) is 0 Å². The zero-order chi connectivity index (χ0) is 10.8. The van der Waals surface area contributed by atoms with Crippen molar-refractivity contribution < 1.29 is 18.9 Å². The van der Waals surface area contributed by atoms with Gasteiger partial charge in [0, 0.05) is 12.1 Å². The molecule has 17 heavy (non-hydrogen) atoms. The predicted molar refractivity (Wildman–Crippen MR) is 66.2 cm³/mol. The second kappa shape index (κ2) is 6.09. The standard InChI is InChI=1S/C15H20N.Li/c1-2-7-13(8-3-1)15-11-6-10-14-9-4-5-12-16(14)15;/h1-3,7,14-15H,4-6,9-12H2;/q-1;+1. The van der Waals surface area contributed by atoms with E-state index in [1.54, 1.807) is 0 Å². The molecule has 0 bridgehead atoms. The van der Waals surface area contributed by atoms with Gasteiger partial charge in [-0.05, 0) is 32.2 Å². The molecular weight excluding hydrogens is 201 g/mol. The number of rotatable bonds is 1. The third kappa shape index (κ3) is 2.79. The predicted octanol–water partition coefficient (Wildman–Crippen LogP) is 0.570. The van der Waals surface area contributed by atoms with Crippen molar-refractivity contribution in [1.29, 1.82) is 0 Å². The van der Waals surface area contributed by atoms with E-state index in [1.807, 2.05) is 0 Å². The minimum atomic E-state index is 0. The van der Waals surface area contributed by atoms with E-state index in [0.29, 0.717) is 6.04 Å². The van der Waals surface area contributed by atoms with E-state index in [4.69, 9.17) is 0 Å². The first-order valence-corrected chi connectivity index (χ1v) is 6.67. The van der Waals surface area contributed by atoms with Crippen molar-refractivity contribution in [1.82, 2.24) is 4.90 Å². The topological polar surface area (TPSA) is 3.24 Å². The van der Waals surface area contributed by atoms with Crippen LogP contribution in [0, 0.1) is 6.07 Å². The number of fused-ring (bicyclic) bond motifs is 1. The normalized spacial score (nSPS) is 29.2. The van der Waals surface area contributed by atoms with Crippen molar-refractivity contribution >= 4 is 0 Å². The van der Waals surface area contributed by atoms with Crippen molar-refractivity contribution in [3.63, 3.8) is 0 Å². The molecule has 0 saturated carbocycles. The maximum absolute atomic E-state index is 3.43. The molecule has 0 aromatic heterocycles. The van der Waals surface area contributed by atoms with Gasteiger partial charge in [-0.2, -0.15) is 30.3 Å². The molecule has 2 unspecified atom stereocenters. The van der Waals surface area contributed by atoms with Crippen LogP contribution in [0.2, 0.25) is 0 Å². The van der Waals surface area contributed by atoms with Gasteiger partial charge in [-0.3, -0.25) is 4.90 Å². The van der Waals surface area contributed by atoms with Gasteiger partial charge in [0.15, 0.2) is 0 Å². The maximum Gasteiger partial charge on any atom is 1.00 e. The maximum atomic E-state index is 3.43. The molecule has 3 rings (SSSR count). The number of benzene rings is 1. The molecule has 0 N–H and O–H groups in total. The largest absolute Gasteiger partial charge is 1.00 e. The molecular formula is C15H20LiN. The molecule has 1 aromatic carbocycles. The summed E-state index contributed by atoms with van der Waals surface area (Å²) in [6.07, 6.45) is 8.39. The van der Waals surface area contributed by atoms with Gasteiger partial charge in [-0.1, -0.05) is 12.8 Å². The van der Waals surface area contributed by atoms with Gasteiger partial charge >= 0.3 is 18.9 Å². The Morgan fingerprint density at radius 3 is 2.76 bits per heavy atom. The number of nitrogens with zero attached hydrogens (tertiary/aromatic N) is 1. The Morgan fingerprint density at radius 1 is 1.06 bits per heavy atom. The summed E-state index contributed by atoms with van der Waals surface area (Å²) in [5, 5.41) is 0. The number of piperidine rings is 2. The van der Waals surface area contributed by atoms with E-state index < -0.39 is 0 Å². The number of hydrogen-bond donors (Lipinski definition) is 0. The SMILES string of the molecule is [Li+].[c-]1ccccc1C1CCCC2CCCCN21. The molecule has 0 radical (unpaired) electrons. The summed E-state index contributed by atoms with van der Waals surface area (Å²) in [5.41, 5.74) is 1.41. The first-order valence-electron chi connectivity index (χ1n) is 6.67. The second-order valence-electron chi connectivity index (χ2n) is 5.15. The average Bonchev–Trinajstić information content (AvgIpc) is 2.39. The van der Waals surface area contributed by atoms with E-state index in [2.05, 4.69) is 35.2 Å². The molecule has 2 saturated heterocycles. The Balaban J connectivity index is 0.00000108. The Kier molecular flexibility index (Phi) is 4.74. The Morgan fingerprint density at radius 2 is 1.94 bits per heavy atom. The average molecular weight is 221 g/mol. The van der Waals surface area contributed by atoms with Gasteiger partial charge in [0.05, 0.1) is 0 Å². The molecule has 0 amide bonds. The van der Waals surface area contributed by atoms with Crippen LogP contribution in [0.1, 0.15) is 50.1 Å². The van der Waals surface area contributed by atoms with Crippen molar-refractivity contribution in [2.24, 2.45) is 0 Å². The van der Waals surface area contributed by atoms with Crippen LogP contribution < -0.4 is 18.9 Å². The van der Waals surface area contributed by atoms with Crippen molar-refractivity contribution in [2.75, 3.05) is 6.54 Å².